The average Bonchev–Trinajstić information content (AvgIpc) is 2.79. The highest BCUT2D eigenvalue weighted by Gasteiger charge is 2.30. The van der Waals surface area contributed by atoms with E-state index in [-0.39, 0.29) is 23.2 Å². The van der Waals surface area contributed by atoms with Gasteiger partial charge in [-0.15, -0.1) is 0 Å². The summed E-state index contributed by atoms with van der Waals surface area (Å²) in [6.07, 6.45) is -4.45. The number of primary amides is 1. The summed E-state index contributed by atoms with van der Waals surface area (Å²) in [5.41, 5.74) is 5.77. The zero-order valence-corrected chi connectivity index (χ0v) is 16.8. The van der Waals surface area contributed by atoms with E-state index in [0.29, 0.717) is 37.4 Å². The minimum absolute atomic E-state index is 0.0403. The van der Waals surface area contributed by atoms with Crippen molar-refractivity contribution in [2.75, 3.05) is 36.0 Å². The predicted octanol–water partition coefficient (Wildman–Crippen LogP) is 3.73. The van der Waals surface area contributed by atoms with Crippen LogP contribution < -0.4 is 15.5 Å². The van der Waals surface area contributed by atoms with Crippen LogP contribution in [0.15, 0.2) is 54.6 Å². The van der Waals surface area contributed by atoms with Crippen LogP contribution in [0.4, 0.5) is 29.2 Å². The van der Waals surface area contributed by atoms with Crippen LogP contribution in [-0.4, -0.2) is 42.1 Å². The first-order chi connectivity index (χ1) is 15.2. The Morgan fingerprint density at radius 1 is 0.906 bits per heavy atom. The van der Waals surface area contributed by atoms with Crippen molar-refractivity contribution in [2.24, 2.45) is 5.73 Å². The van der Waals surface area contributed by atoms with E-state index in [1.165, 1.54) is 24.3 Å². The third kappa shape index (κ3) is 4.48. The van der Waals surface area contributed by atoms with E-state index >= 15 is 0 Å². The van der Waals surface area contributed by atoms with Crippen molar-refractivity contribution in [2.45, 2.75) is 6.18 Å². The smallest absolute Gasteiger partial charge is 0.366 e. The molecule has 1 fully saturated rings. The number of nitrogens with zero attached hydrogens (tertiary/aromatic N) is 4. The predicted molar refractivity (Wildman–Crippen MR) is 112 cm³/mol. The molecule has 1 aliphatic rings. The Kier molecular flexibility index (Phi) is 5.68. The van der Waals surface area contributed by atoms with Gasteiger partial charge in [-0.2, -0.15) is 13.2 Å². The quantitative estimate of drug-likeness (QED) is 0.620. The van der Waals surface area contributed by atoms with Crippen molar-refractivity contribution in [3.05, 3.63) is 71.7 Å². The summed E-state index contributed by atoms with van der Waals surface area (Å²) in [6, 6.07) is 12.3. The molecule has 2 heterocycles. The van der Waals surface area contributed by atoms with E-state index in [2.05, 4.69) is 9.97 Å². The molecule has 1 saturated heterocycles. The van der Waals surface area contributed by atoms with Crippen molar-refractivity contribution in [1.82, 2.24) is 9.97 Å². The molecule has 6 nitrogen and oxygen atoms in total. The number of aromatic nitrogens is 2. The normalized spacial score (nSPS) is 14.5. The summed E-state index contributed by atoms with van der Waals surface area (Å²) in [7, 11) is 0. The van der Waals surface area contributed by atoms with E-state index in [9.17, 15) is 22.4 Å². The van der Waals surface area contributed by atoms with Gasteiger partial charge in [0.15, 0.2) is 0 Å². The maximum atomic E-state index is 14.1. The van der Waals surface area contributed by atoms with Gasteiger partial charge in [0.2, 0.25) is 5.95 Å². The molecule has 0 unspecified atom stereocenters. The van der Waals surface area contributed by atoms with Crippen LogP contribution in [-0.2, 0) is 6.18 Å². The van der Waals surface area contributed by atoms with Gasteiger partial charge in [-0.3, -0.25) is 4.79 Å². The van der Waals surface area contributed by atoms with Gasteiger partial charge in [0.1, 0.15) is 11.5 Å². The highest BCUT2D eigenvalue weighted by atomic mass is 19.4. The van der Waals surface area contributed by atoms with Crippen LogP contribution >= 0.6 is 0 Å². The molecule has 0 radical (unpaired) electrons. The standard InChI is InChI=1S/C22H19F4N5O/c23-16-3-1-2-4-19(16)30-9-11-31(12-10-30)21-28-17(13-18(29-21)20(27)32)14-5-7-15(8-6-14)22(24,25)26/h1-8,13H,9-12H2,(H2,27,32). The number of hydrogen-bond donors (Lipinski definition) is 1. The van der Waals surface area contributed by atoms with E-state index in [4.69, 9.17) is 5.73 Å². The van der Waals surface area contributed by atoms with Crippen molar-refractivity contribution in [3.8, 4) is 11.3 Å². The number of rotatable bonds is 4. The molecule has 0 atom stereocenters. The van der Waals surface area contributed by atoms with Crippen LogP contribution in [0.3, 0.4) is 0 Å². The summed E-state index contributed by atoms with van der Waals surface area (Å²) in [5, 5.41) is 0. The van der Waals surface area contributed by atoms with Gasteiger partial charge in [-0.25, -0.2) is 14.4 Å². The van der Waals surface area contributed by atoms with Crippen LogP contribution in [0.25, 0.3) is 11.3 Å². The Balaban J connectivity index is 1.59. The second-order valence-corrected chi connectivity index (χ2v) is 7.30. The Morgan fingerprint density at radius 2 is 1.53 bits per heavy atom. The van der Waals surface area contributed by atoms with Crippen molar-refractivity contribution >= 4 is 17.5 Å². The SMILES string of the molecule is NC(=O)c1cc(-c2ccc(C(F)(F)F)cc2)nc(N2CCN(c3ccccc3F)CC2)n1. The Bertz CT molecular complexity index is 1130. The second-order valence-electron chi connectivity index (χ2n) is 7.30. The number of para-hydroxylation sites is 1. The highest BCUT2D eigenvalue weighted by molar-refractivity contribution is 5.92. The van der Waals surface area contributed by atoms with E-state index < -0.39 is 17.6 Å². The first-order valence-electron chi connectivity index (χ1n) is 9.83. The number of piperazine rings is 1. The fourth-order valence-corrected chi connectivity index (χ4v) is 3.54. The largest absolute Gasteiger partial charge is 0.416 e. The monoisotopic (exact) mass is 445 g/mol. The molecule has 166 valence electrons. The van der Waals surface area contributed by atoms with Crippen LogP contribution in [0.5, 0.6) is 0 Å². The van der Waals surface area contributed by atoms with E-state index in [1.54, 1.807) is 18.2 Å². The molecule has 0 spiro atoms. The summed E-state index contributed by atoms with van der Waals surface area (Å²) in [6.45, 7) is 1.92. The fourth-order valence-electron chi connectivity index (χ4n) is 3.54. The number of benzene rings is 2. The minimum atomic E-state index is -4.45. The summed E-state index contributed by atoms with van der Waals surface area (Å²) >= 11 is 0. The van der Waals surface area contributed by atoms with Gasteiger partial charge < -0.3 is 15.5 Å². The molecule has 4 rings (SSSR count). The Labute approximate surface area is 181 Å². The minimum Gasteiger partial charge on any atom is -0.366 e. The summed E-state index contributed by atoms with van der Waals surface area (Å²) in [4.78, 5) is 24.2. The molecule has 0 aliphatic carbocycles. The van der Waals surface area contributed by atoms with E-state index in [0.717, 1.165) is 12.1 Å². The lowest BCUT2D eigenvalue weighted by molar-refractivity contribution is -0.137. The molecule has 1 amide bonds. The third-order valence-corrected chi connectivity index (χ3v) is 5.23. The van der Waals surface area contributed by atoms with Gasteiger partial charge in [-0.1, -0.05) is 24.3 Å². The third-order valence-electron chi connectivity index (χ3n) is 5.23. The van der Waals surface area contributed by atoms with Crippen LogP contribution in [0.2, 0.25) is 0 Å². The molecule has 1 aromatic heterocycles. The first-order valence-corrected chi connectivity index (χ1v) is 9.83. The molecule has 32 heavy (non-hydrogen) atoms. The fraction of sp³-hybridized carbons (Fsp3) is 0.227. The number of carbonyl (C=O) groups excluding carboxylic acids is 1. The molecule has 2 N–H and O–H groups in total. The number of halogens is 4. The van der Waals surface area contributed by atoms with Crippen molar-refractivity contribution < 1.29 is 22.4 Å². The Hall–Kier alpha value is -3.69. The zero-order chi connectivity index (χ0) is 22.9. The highest BCUT2D eigenvalue weighted by Crippen LogP contribution is 2.31. The van der Waals surface area contributed by atoms with Gasteiger partial charge >= 0.3 is 6.18 Å². The lowest BCUT2D eigenvalue weighted by atomic mass is 10.1. The second kappa shape index (κ2) is 8.45. The first kappa shape index (κ1) is 21.5. The van der Waals surface area contributed by atoms with Gasteiger partial charge in [0, 0.05) is 31.7 Å². The zero-order valence-electron chi connectivity index (χ0n) is 16.8. The molecule has 2 aromatic carbocycles. The molecule has 0 bridgehead atoms. The number of hydrogen-bond acceptors (Lipinski definition) is 5. The molecule has 1 aliphatic heterocycles. The molecular formula is C22H19F4N5O. The van der Waals surface area contributed by atoms with Crippen LogP contribution in [0.1, 0.15) is 16.1 Å². The Morgan fingerprint density at radius 3 is 2.12 bits per heavy atom. The lowest BCUT2D eigenvalue weighted by Crippen LogP contribution is -2.47. The molecular weight excluding hydrogens is 426 g/mol. The van der Waals surface area contributed by atoms with Crippen molar-refractivity contribution in [3.63, 3.8) is 0 Å². The van der Waals surface area contributed by atoms with Gasteiger partial charge in [-0.05, 0) is 30.3 Å². The number of carbonyl (C=O) groups is 1. The maximum Gasteiger partial charge on any atom is 0.416 e. The number of amides is 1. The number of nitrogens with two attached hydrogens (primary N) is 1. The van der Waals surface area contributed by atoms with E-state index in [1.807, 2.05) is 9.80 Å². The van der Waals surface area contributed by atoms with Gasteiger partial charge in [0.05, 0.1) is 16.9 Å². The summed E-state index contributed by atoms with van der Waals surface area (Å²) in [5.74, 6) is -0.839. The van der Waals surface area contributed by atoms with Gasteiger partial charge in [0.25, 0.3) is 5.91 Å². The lowest BCUT2D eigenvalue weighted by Gasteiger charge is -2.36. The number of alkyl halides is 3. The summed E-state index contributed by atoms with van der Waals surface area (Å²) < 4.78 is 52.6. The van der Waals surface area contributed by atoms with Crippen molar-refractivity contribution in [1.29, 1.82) is 0 Å². The molecule has 0 saturated carbocycles. The van der Waals surface area contributed by atoms with Crippen LogP contribution in [0, 0.1) is 5.82 Å². The maximum absolute atomic E-state index is 14.1. The topological polar surface area (TPSA) is 75.4 Å². The number of anilines is 2. The molecule has 3 aromatic rings. The molecule has 10 heteroatoms. The average molecular weight is 445 g/mol.